The molecule has 0 radical (unpaired) electrons. The molecule has 5 heteroatoms. The zero-order valence-electron chi connectivity index (χ0n) is 20.3. The van der Waals surface area contributed by atoms with Crippen molar-refractivity contribution in [2.45, 2.75) is 67.4 Å². The second-order valence-electron chi connectivity index (χ2n) is 9.63. The lowest BCUT2D eigenvalue weighted by Crippen LogP contribution is -2.27. The van der Waals surface area contributed by atoms with Gasteiger partial charge >= 0.3 is 5.97 Å². The number of carbonyl (C=O) groups is 1. The van der Waals surface area contributed by atoms with Crippen molar-refractivity contribution in [2.75, 3.05) is 6.61 Å². The summed E-state index contributed by atoms with van der Waals surface area (Å²) in [5, 5.41) is 0. The Kier molecular flexibility index (Phi) is 7.75. The maximum atomic E-state index is 12.2. The van der Waals surface area contributed by atoms with E-state index in [4.69, 9.17) is 14.2 Å². The normalized spacial score (nSPS) is 11.8. The van der Waals surface area contributed by atoms with Crippen molar-refractivity contribution in [1.82, 2.24) is 0 Å². The molecule has 0 saturated carbocycles. The second kappa shape index (κ2) is 10.3. The molecule has 0 bridgehead atoms. The molecule has 0 aliphatic heterocycles. The predicted octanol–water partition coefficient (Wildman–Crippen LogP) is 6.68. The topological polar surface area (TPSA) is 44.8 Å². The fourth-order valence-electron chi connectivity index (χ4n) is 3.17. The Morgan fingerprint density at radius 3 is 1.79 bits per heavy atom. The van der Waals surface area contributed by atoms with Gasteiger partial charge in [-0.15, -0.1) is 0 Å². The molecule has 33 heavy (non-hydrogen) atoms. The van der Waals surface area contributed by atoms with Gasteiger partial charge in [0.25, 0.3) is 0 Å². The van der Waals surface area contributed by atoms with E-state index < -0.39 is 22.5 Å². The fraction of sp³-hybridized carbons (Fsp3) is 0.321. The van der Waals surface area contributed by atoms with Crippen molar-refractivity contribution < 1.29 is 19.0 Å². The molecule has 0 aromatic heterocycles. The summed E-state index contributed by atoms with van der Waals surface area (Å²) in [7, 11) is -0.422. The Morgan fingerprint density at radius 2 is 1.30 bits per heavy atom. The summed E-state index contributed by atoms with van der Waals surface area (Å²) in [6, 6.07) is 26.5. The van der Waals surface area contributed by atoms with E-state index in [1.807, 2.05) is 96.1 Å². The van der Waals surface area contributed by atoms with Gasteiger partial charge in [-0.1, -0.05) is 36.4 Å². The van der Waals surface area contributed by atoms with Gasteiger partial charge in [-0.25, -0.2) is 4.79 Å². The lowest BCUT2D eigenvalue weighted by molar-refractivity contribution is -0.157. The quantitative estimate of drug-likeness (QED) is 0.288. The minimum atomic E-state index is -0.552. The van der Waals surface area contributed by atoms with Gasteiger partial charge in [-0.2, -0.15) is 0 Å². The van der Waals surface area contributed by atoms with Crippen LogP contribution in [0.5, 0.6) is 11.5 Å². The molecule has 3 rings (SSSR count). The zero-order chi connectivity index (χ0) is 24.1. The molecule has 0 N–H and O–H groups in total. The van der Waals surface area contributed by atoms with E-state index in [9.17, 15) is 4.79 Å². The molecule has 0 amide bonds. The standard InChI is InChI=1S/C28H33O4S/c1-27(2,3)31-24-18-17-21(30-20-26(29)32-28(4,5)6)19-25(24)33(22-13-9-7-10-14-22)23-15-11-8-12-16-23/h7-19H,20H2,1-6H3/q+1. The first kappa shape index (κ1) is 24.7. The Bertz CT molecular complexity index is 1010. The molecule has 0 aliphatic carbocycles. The number of benzene rings is 3. The monoisotopic (exact) mass is 465 g/mol. The Labute approximate surface area is 200 Å². The summed E-state index contributed by atoms with van der Waals surface area (Å²) >= 11 is 0. The Balaban J connectivity index is 2.03. The molecule has 3 aromatic carbocycles. The van der Waals surface area contributed by atoms with Crippen LogP contribution in [0.15, 0.2) is 93.5 Å². The van der Waals surface area contributed by atoms with Crippen molar-refractivity contribution in [2.24, 2.45) is 0 Å². The molecular formula is C28H33O4S+. The van der Waals surface area contributed by atoms with E-state index in [1.54, 1.807) is 0 Å². The van der Waals surface area contributed by atoms with Crippen LogP contribution in [0.25, 0.3) is 0 Å². The molecule has 0 aliphatic rings. The highest BCUT2D eigenvalue weighted by molar-refractivity contribution is 7.97. The molecule has 0 heterocycles. The summed E-state index contributed by atoms with van der Waals surface area (Å²) in [5.41, 5.74) is -0.918. The van der Waals surface area contributed by atoms with E-state index in [0.717, 1.165) is 10.6 Å². The minimum Gasteiger partial charge on any atom is -0.483 e. The summed E-state index contributed by atoms with van der Waals surface area (Å²) in [5.74, 6) is 0.994. The van der Waals surface area contributed by atoms with Crippen molar-refractivity contribution in [3.05, 3.63) is 78.9 Å². The zero-order valence-corrected chi connectivity index (χ0v) is 21.1. The molecule has 3 aromatic rings. The van der Waals surface area contributed by atoms with Gasteiger partial charge in [0.2, 0.25) is 4.90 Å². The van der Waals surface area contributed by atoms with Crippen LogP contribution in [0.2, 0.25) is 0 Å². The van der Waals surface area contributed by atoms with Crippen LogP contribution in [-0.4, -0.2) is 23.8 Å². The number of hydrogen-bond acceptors (Lipinski definition) is 4. The molecule has 0 fully saturated rings. The highest BCUT2D eigenvalue weighted by Crippen LogP contribution is 2.39. The van der Waals surface area contributed by atoms with Gasteiger partial charge in [0.15, 0.2) is 22.1 Å². The van der Waals surface area contributed by atoms with E-state index in [0.29, 0.717) is 5.75 Å². The number of rotatable bonds is 7. The maximum Gasteiger partial charge on any atom is 0.344 e. The molecular weight excluding hydrogens is 432 g/mol. The van der Waals surface area contributed by atoms with Crippen LogP contribution in [0.1, 0.15) is 41.5 Å². The molecule has 174 valence electrons. The fourth-order valence-corrected chi connectivity index (χ4v) is 5.35. The predicted molar refractivity (Wildman–Crippen MR) is 133 cm³/mol. The van der Waals surface area contributed by atoms with Crippen LogP contribution in [-0.2, 0) is 20.4 Å². The lowest BCUT2D eigenvalue weighted by Gasteiger charge is -2.23. The first-order valence-corrected chi connectivity index (χ1v) is 12.3. The first-order chi connectivity index (χ1) is 15.5. The van der Waals surface area contributed by atoms with Gasteiger partial charge in [-0.3, -0.25) is 0 Å². The van der Waals surface area contributed by atoms with Crippen molar-refractivity contribution in [3.63, 3.8) is 0 Å². The van der Waals surface area contributed by atoms with Crippen LogP contribution in [0.3, 0.4) is 0 Å². The lowest BCUT2D eigenvalue weighted by atomic mass is 10.2. The number of ether oxygens (including phenoxy) is 3. The third kappa shape index (κ3) is 7.57. The molecule has 0 saturated heterocycles. The maximum absolute atomic E-state index is 12.2. The van der Waals surface area contributed by atoms with Crippen LogP contribution < -0.4 is 9.47 Å². The number of carbonyl (C=O) groups excluding carboxylic acids is 1. The number of esters is 1. The highest BCUT2D eigenvalue weighted by atomic mass is 32.2. The van der Waals surface area contributed by atoms with Crippen LogP contribution in [0, 0.1) is 0 Å². The average Bonchev–Trinajstić information content (AvgIpc) is 2.73. The Morgan fingerprint density at radius 1 is 0.758 bits per heavy atom. The van der Waals surface area contributed by atoms with Gasteiger partial charge in [-0.05, 0) is 77.9 Å². The largest absolute Gasteiger partial charge is 0.483 e. The minimum absolute atomic E-state index is 0.152. The third-order valence-electron chi connectivity index (χ3n) is 4.29. The van der Waals surface area contributed by atoms with E-state index in [-0.39, 0.29) is 12.2 Å². The van der Waals surface area contributed by atoms with Crippen LogP contribution >= 0.6 is 0 Å². The molecule has 0 unspecified atom stereocenters. The Hall–Kier alpha value is -2.92. The van der Waals surface area contributed by atoms with E-state index in [2.05, 4.69) is 24.3 Å². The molecule has 0 atom stereocenters. The first-order valence-electron chi connectivity index (χ1n) is 11.0. The summed E-state index contributed by atoms with van der Waals surface area (Å²) in [6.45, 7) is 11.5. The van der Waals surface area contributed by atoms with Gasteiger partial charge in [0, 0.05) is 6.07 Å². The van der Waals surface area contributed by atoms with Crippen molar-refractivity contribution in [3.8, 4) is 11.5 Å². The van der Waals surface area contributed by atoms with E-state index >= 15 is 0 Å². The van der Waals surface area contributed by atoms with Crippen LogP contribution in [0.4, 0.5) is 0 Å². The summed E-state index contributed by atoms with van der Waals surface area (Å²) in [6.07, 6.45) is 0. The number of hydrogen-bond donors (Lipinski definition) is 0. The summed E-state index contributed by atoms with van der Waals surface area (Å²) in [4.78, 5) is 15.5. The summed E-state index contributed by atoms with van der Waals surface area (Å²) < 4.78 is 17.6. The molecule has 0 spiro atoms. The van der Waals surface area contributed by atoms with Gasteiger partial charge in [0.1, 0.15) is 27.8 Å². The average molecular weight is 466 g/mol. The van der Waals surface area contributed by atoms with Crippen molar-refractivity contribution in [1.29, 1.82) is 0 Å². The SMILES string of the molecule is CC(C)(C)OC(=O)COc1ccc(OC(C)(C)C)c([S+](c2ccccc2)c2ccccc2)c1. The van der Waals surface area contributed by atoms with Gasteiger partial charge < -0.3 is 14.2 Å². The second-order valence-corrected chi connectivity index (χ2v) is 11.6. The third-order valence-corrected chi connectivity index (χ3v) is 6.53. The smallest absolute Gasteiger partial charge is 0.344 e. The van der Waals surface area contributed by atoms with Gasteiger partial charge in [0.05, 0.1) is 0 Å². The molecule has 4 nitrogen and oxygen atoms in total. The van der Waals surface area contributed by atoms with Crippen molar-refractivity contribution >= 4 is 16.9 Å². The van der Waals surface area contributed by atoms with E-state index in [1.165, 1.54) is 9.79 Å². The highest BCUT2D eigenvalue weighted by Gasteiger charge is 2.34.